The standard InChI is InChI=1S/C16H15F2NO3/c1-9-4-5-10(16(20)22-3)11(6-9)12-7-13(15(17)18)19-8-14(12)21-2/h4-8,15H,1-3H3/i1D3. The number of ether oxygens (including phenoxy) is 2. The summed E-state index contributed by atoms with van der Waals surface area (Å²) in [5.41, 5.74) is -0.306. The number of halogens is 2. The average molecular weight is 310 g/mol. The number of aryl methyl sites for hydroxylation is 1. The molecule has 0 saturated heterocycles. The Hall–Kier alpha value is -2.50. The molecule has 6 heteroatoms. The zero-order valence-electron chi connectivity index (χ0n) is 14.9. The SMILES string of the molecule is [2H]C([2H])([2H])c1ccc(C(=O)OC)c(-c2cc(C(F)F)ncc2OC)c1. The Morgan fingerprint density at radius 3 is 2.64 bits per heavy atom. The second-order valence-electron chi connectivity index (χ2n) is 4.36. The zero-order chi connectivity index (χ0) is 18.8. The minimum atomic E-state index is -2.84. The smallest absolute Gasteiger partial charge is 0.338 e. The van der Waals surface area contributed by atoms with Gasteiger partial charge in [0.2, 0.25) is 0 Å². The molecule has 0 radical (unpaired) electrons. The molecule has 0 N–H and O–H groups in total. The van der Waals surface area contributed by atoms with E-state index in [9.17, 15) is 13.6 Å². The third kappa shape index (κ3) is 3.05. The van der Waals surface area contributed by atoms with Crippen molar-refractivity contribution in [1.82, 2.24) is 4.98 Å². The molecule has 116 valence electrons. The van der Waals surface area contributed by atoms with Gasteiger partial charge in [-0.3, -0.25) is 4.98 Å². The Balaban J connectivity index is 2.78. The van der Waals surface area contributed by atoms with Gasteiger partial charge in [0.1, 0.15) is 11.4 Å². The molecule has 0 spiro atoms. The summed E-state index contributed by atoms with van der Waals surface area (Å²) in [6, 6.07) is 4.86. The second-order valence-corrected chi connectivity index (χ2v) is 4.36. The van der Waals surface area contributed by atoms with Gasteiger partial charge in [0.25, 0.3) is 6.43 Å². The van der Waals surface area contributed by atoms with Crippen molar-refractivity contribution in [2.45, 2.75) is 13.3 Å². The molecule has 2 rings (SSSR count). The predicted molar refractivity (Wildman–Crippen MR) is 77.3 cm³/mol. The number of hydrogen-bond donors (Lipinski definition) is 0. The van der Waals surface area contributed by atoms with Crippen LogP contribution in [0.5, 0.6) is 5.75 Å². The van der Waals surface area contributed by atoms with Gasteiger partial charge in [-0.15, -0.1) is 0 Å². The summed E-state index contributed by atoms with van der Waals surface area (Å²) in [7, 11) is 2.48. The molecule has 0 aliphatic heterocycles. The number of alkyl halides is 2. The highest BCUT2D eigenvalue weighted by Gasteiger charge is 2.19. The maximum atomic E-state index is 13.0. The van der Waals surface area contributed by atoms with Crippen LogP contribution in [0.25, 0.3) is 11.1 Å². The molecule has 1 aromatic heterocycles. The molecule has 0 amide bonds. The van der Waals surface area contributed by atoms with Gasteiger partial charge in [0.05, 0.1) is 26.0 Å². The van der Waals surface area contributed by atoms with Crippen molar-refractivity contribution < 1.29 is 27.2 Å². The maximum absolute atomic E-state index is 13.0. The molecule has 0 aliphatic carbocycles. The highest BCUT2D eigenvalue weighted by Crippen LogP contribution is 2.35. The first-order valence-electron chi connectivity index (χ1n) is 7.74. The van der Waals surface area contributed by atoms with Crippen LogP contribution in [0.1, 0.15) is 32.2 Å². The molecule has 0 aliphatic rings. The van der Waals surface area contributed by atoms with Crippen LogP contribution in [0.15, 0.2) is 30.5 Å². The van der Waals surface area contributed by atoms with Crippen LogP contribution in [0, 0.1) is 6.85 Å². The molecule has 0 fully saturated rings. The number of esters is 1. The van der Waals surface area contributed by atoms with Gasteiger partial charge >= 0.3 is 5.97 Å². The van der Waals surface area contributed by atoms with E-state index in [4.69, 9.17) is 13.6 Å². The Bertz CT molecular complexity index is 795. The molecule has 0 unspecified atom stereocenters. The van der Waals surface area contributed by atoms with Crippen molar-refractivity contribution in [1.29, 1.82) is 0 Å². The number of carbonyl (C=O) groups excluding carboxylic acids is 1. The lowest BCUT2D eigenvalue weighted by atomic mass is 9.97. The van der Waals surface area contributed by atoms with Crippen LogP contribution in [-0.2, 0) is 4.74 Å². The second kappa shape index (κ2) is 6.51. The van der Waals surface area contributed by atoms with E-state index in [0.29, 0.717) is 0 Å². The fourth-order valence-electron chi connectivity index (χ4n) is 2.01. The lowest BCUT2D eigenvalue weighted by Crippen LogP contribution is -2.05. The van der Waals surface area contributed by atoms with E-state index < -0.39 is 24.9 Å². The Labute approximate surface area is 130 Å². The minimum Gasteiger partial charge on any atom is -0.494 e. The van der Waals surface area contributed by atoms with E-state index in [1.165, 1.54) is 25.3 Å². The molecule has 0 saturated carbocycles. The molecular formula is C16H15F2NO3. The third-order valence-corrected chi connectivity index (χ3v) is 3.05. The van der Waals surface area contributed by atoms with Crippen molar-refractivity contribution >= 4 is 5.97 Å². The molecule has 2 aromatic rings. The van der Waals surface area contributed by atoms with E-state index in [0.717, 1.165) is 19.4 Å². The number of aromatic nitrogens is 1. The lowest BCUT2D eigenvalue weighted by Gasteiger charge is -2.14. The number of hydrogen-bond acceptors (Lipinski definition) is 4. The van der Waals surface area contributed by atoms with Gasteiger partial charge in [-0.2, -0.15) is 0 Å². The normalized spacial score (nSPS) is 13.2. The number of pyridine rings is 1. The number of nitrogens with zero attached hydrogens (tertiary/aromatic N) is 1. The zero-order valence-corrected chi connectivity index (χ0v) is 11.9. The first-order chi connectivity index (χ1) is 11.7. The summed E-state index contributed by atoms with van der Waals surface area (Å²) >= 11 is 0. The summed E-state index contributed by atoms with van der Waals surface area (Å²) in [4.78, 5) is 15.6. The monoisotopic (exact) mass is 310 g/mol. The summed E-state index contributed by atoms with van der Waals surface area (Å²) in [6.07, 6.45) is -1.74. The Kier molecular flexibility index (Phi) is 3.58. The number of benzene rings is 1. The molecule has 0 bridgehead atoms. The van der Waals surface area contributed by atoms with E-state index in [2.05, 4.69) is 4.98 Å². The minimum absolute atomic E-state index is 0.0280. The summed E-state index contributed by atoms with van der Waals surface area (Å²) in [6.45, 7) is -2.44. The van der Waals surface area contributed by atoms with Crippen LogP contribution >= 0.6 is 0 Å². The van der Waals surface area contributed by atoms with E-state index in [1.807, 2.05) is 0 Å². The van der Waals surface area contributed by atoms with Crippen LogP contribution in [0.4, 0.5) is 8.78 Å². The highest BCUT2D eigenvalue weighted by atomic mass is 19.3. The Morgan fingerprint density at radius 1 is 1.27 bits per heavy atom. The van der Waals surface area contributed by atoms with E-state index >= 15 is 0 Å². The highest BCUT2D eigenvalue weighted by molar-refractivity contribution is 5.98. The van der Waals surface area contributed by atoms with E-state index in [-0.39, 0.29) is 28.0 Å². The first-order valence-corrected chi connectivity index (χ1v) is 6.24. The van der Waals surface area contributed by atoms with Crippen LogP contribution in [0.3, 0.4) is 0 Å². The molecule has 4 nitrogen and oxygen atoms in total. The summed E-state index contributed by atoms with van der Waals surface area (Å²) in [5.74, 6) is -0.609. The van der Waals surface area contributed by atoms with Crippen molar-refractivity contribution in [3.8, 4) is 16.9 Å². The Morgan fingerprint density at radius 2 is 2.05 bits per heavy atom. The van der Waals surface area contributed by atoms with Crippen LogP contribution in [0.2, 0.25) is 0 Å². The van der Waals surface area contributed by atoms with E-state index in [1.54, 1.807) is 0 Å². The lowest BCUT2D eigenvalue weighted by molar-refractivity contribution is 0.0601. The summed E-state index contributed by atoms with van der Waals surface area (Å²) < 4.78 is 58.4. The number of methoxy groups -OCH3 is 2. The first kappa shape index (κ1) is 12.1. The topological polar surface area (TPSA) is 48.4 Å². The number of rotatable bonds is 4. The van der Waals surface area contributed by atoms with Gasteiger partial charge < -0.3 is 9.47 Å². The van der Waals surface area contributed by atoms with Crippen molar-refractivity contribution in [3.05, 3.63) is 47.3 Å². The predicted octanol–water partition coefficient (Wildman–Crippen LogP) is 3.79. The van der Waals surface area contributed by atoms with Gasteiger partial charge in [-0.05, 0) is 19.0 Å². The van der Waals surface area contributed by atoms with Gasteiger partial charge in [-0.1, -0.05) is 17.7 Å². The fraction of sp³-hybridized carbons (Fsp3) is 0.250. The fourth-order valence-corrected chi connectivity index (χ4v) is 2.01. The van der Waals surface area contributed by atoms with Crippen LogP contribution in [-0.4, -0.2) is 25.2 Å². The quantitative estimate of drug-likeness (QED) is 0.806. The third-order valence-electron chi connectivity index (χ3n) is 3.05. The molecule has 0 atom stereocenters. The average Bonchev–Trinajstić information content (AvgIpc) is 2.59. The van der Waals surface area contributed by atoms with Gasteiger partial charge in [0, 0.05) is 15.2 Å². The summed E-state index contributed by atoms with van der Waals surface area (Å²) in [5, 5.41) is 0. The van der Waals surface area contributed by atoms with Gasteiger partial charge in [-0.25, -0.2) is 13.6 Å². The maximum Gasteiger partial charge on any atom is 0.338 e. The number of carbonyl (C=O) groups is 1. The van der Waals surface area contributed by atoms with Crippen molar-refractivity contribution in [3.63, 3.8) is 0 Å². The van der Waals surface area contributed by atoms with Crippen molar-refractivity contribution in [2.75, 3.05) is 14.2 Å². The molecule has 22 heavy (non-hydrogen) atoms. The molecular weight excluding hydrogens is 292 g/mol. The van der Waals surface area contributed by atoms with Crippen LogP contribution < -0.4 is 4.74 Å². The largest absolute Gasteiger partial charge is 0.494 e. The molecule has 1 aromatic carbocycles. The van der Waals surface area contributed by atoms with Crippen molar-refractivity contribution in [2.24, 2.45) is 0 Å². The molecule has 1 heterocycles. The van der Waals surface area contributed by atoms with Gasteiger partial charge in [0.15, 0.2) is 0 Å².